The number of thiazole rings is 1. The SMILES string of the molecule is CCNC(=O)NC(=O)COC(=O)c1csc(-c2cccc(Cl)c2)n1. The van der Waals surface area contributed by atoms with E-state index in [1.807, 2.05) is 11.4 Å². The summed E-state index contributed by atoms with van der Waals surface area (Å²) < 4.78 is 4.83. The maximum Gasteiger partial charge on any atom is 0.358 e. The van der Waals surface area contributed by atoms with Gasteiger partial charge in [0.05, 0.1) is 0 Å². The first-order valence-electron chi connectivity index (χ1n) is 6.96. The predicted octanol–water partition coefficient (Wildman–Crippen LogP) is 2.47. The van der Waals surface area contributed by atoms with Crippen LogP contribution in [0.15, 0.2) is 29.6 Å². The zero-order valence-corrected chi connectivity index (χ0v) is 14.2. The lowest BCUT2D eigenvalue weighted by atomic mass is 10.2. The molecule has 0 atom stereocenters. The summed E-state index contributed by atoms with van der Waals surface area (Å²) in [6.07, 6.45) is 0. The van der Waals surface area contributed by atoms with Crippen LogP contribution in [-0.4, -0.2) is 36.0 Å². The van der Waals surface area contributed by atoms with Gasteiger partial charge in [0.1, 0.15) is 5.01 Å². The lowest BCUT2D eigenvalue weighted by Gasteiger charge is -2.05. The van der Waals surface area contributed by atoms with E-state index in [4.69, 9.17) is 16.3 Å². The van der Waals surface area contributed by atoms with Crippen LogP contribution in [0.3, 0.4) is 0 Å². The summed E-state index contributed by atoms with van der Waals surface area (Å²) in [6.45, 7) is 1.52. The Morgan fingerprint density at radius 3 is 2.83 bits per heavy atom. The first-order valence-corrected chi connectivity index (χ1v) is 8.21. The maximum absolute atomic E-state index is 11.9. The largest absolute Gasteiger partial charge is 0.451 e. The molecule has 0 saturated heterocycles. The summed E-state index contributed by atoms with van der Waals surface area (Å²) in [4.78, 5) is 38.6. The van der Waals surface area contributed by atoms with Gasteiger partial charge in [-0.2, -0.15) is 0 Å². The molecule has 3 amide bonds. The fraction of sp³-hybridized carbons (Fsp3) is 0.200. The van der Waals surface area contributed by atoms with Gasteiger partial charge in [-0.3, -0.25) is 10.1 Å². The molecule has 0 bridgehead atoms. The minimum atomic E-state index is -0.745. The minimum absolute atomic E-state index is 0.0841. The van der Waals surface area contributed by atoms with Crippen LogP contribution < -0.4 is 10.6 Å². The van der Waals surface area contributed by atoms with E-state index in [1.165, 1.54) is 16.7 Å². The number of hydrogen-bond donors (Lipinski definition) is 2. The Kier molecular flexibility index (Phi) is 6.28. The van der Waals surface area contributed by atoms with Gasteiger partial charge in [-0.05, 0) is 19.1 Å². The molecular weight excluding hydrogens is 354 g/mol. The molecule has 0 radical (unpaired) electrons. The van der Waals surface area contributed by atoms with Crippen molar-refractivity contribution < 1.29 is 19.1 Å². The van der Waals surface area contributed by atoms with Crippen molar-refractivity contribution in [2.75, 3.05) is 13.2 Å². The van der Waals surface area contributed by atoms with Gasteiger partial charge in [0.2, 0.25) is 0 Å². The maximum atomic E-state index is 11.9. The Morgan fingerprint density at radius 2 is 2.12 bits per heavy atom. The number of nitrogens with one attached hydrogen (secondary N) is 2. The molecule has 126 valence electrons. The van der Waals surface area contributed by atoms with Crippen LogP contribution in [-0.2, 0) is 9.53 Å². The topological polar surface area (TPSA) is 97.4 Å². The highest BCUT2D eigenvalue weighted by Gasteiger charge is 2.16. The van der Waals surface area contributed by atoms with Crippen LogP contribution in [0.4, 0.5) is 4.79 Å². The van der Waals surface area contributed by atoms with Gasteiger partial charge >= 0.3 is 12.0 Å². The van der Waals surface area contributed by atoms with E-state index in [1.54, 1.807) is 25.1 Å². The summed E-state index contributed by atoms with van der Waals surface area (Å²) in [6, 6.07) is 6.43. The van der Waals surface area contributed by atoms with Gasteiger partial charge < -0.3 is 10.1 Å². The first-order chi connectivity index (χ1) is 11.5. The molecule has 9 heteroatoms. The van der Waals surface area contributed by atoms with Gasteiger partial charge in [-0.1, -0.05) is 23.7 Å². The number of imide groups is 1. The van der Waals surface area contributed by atoms with E-state index in [0.29, 0.717) is 16.6 Å². The average molecular weight is 368 g/mol. The number of hydrogen-bond acceptors (Lipinski definition) is 6. The van der Waals surface area contributed by atoms with Crippen molar-refractivity contribution in [2.45, 2.75) is 6.92 Å². The number of urea groups is 1. The predicted molar refractivity (Wildman–Crippen MR) is 90.1 cm³/mol. The number of esters is 1. The zero-order valence-electron chi connectivity index (χ0n) is 12.7. The number of benzene rings is 1. The molecule has 2 rings (SSSR count). The van der Waals surface area contributed by atoms with Crippen molar-refractivity contribution in [3.05, 3.63) is 40.4 Å². The molecular formula is C15H14ClN3O4S. The number of amides is 3. The molecule has 0 aliphatic carbocycles. The number of ether oxygens (including phenoxy) is 1. The molecule has 2 aromatic rings. The summed E-state index contributed by atoms with van der Waals surface area (Å²) in [5.74, 6) is -1.47. The van der Waals surface area contributed by atoms with E-state index in [-0.39, 0.29) is 5.69 Å². The van der Waals surface area contributed by atoms with E-state index >= 15 is 0 Å². The standard InChI is InChI=1S/C15H14ClN3O4S/c1-2-17-15(22)19-12(20)7-23-14(21)11-8-24-13(18-11)9-4-3-5-10(16)6-9/h3-6,8H,2,7H2,1H3,(H2,17,19,20,22). The van der Waals surface area contributed by atoms with Crippen molar-refractivity contribution in [1.29, 1.82) is 0 Å². The minimum Gasteiger partial charge on any atom is -0.451 e. The molecule has 2 N–H and O–H groups in total. The molecule has 7 nitrogen and oxygen atoms in total. The Labute approximate surface area is 147 Å². The molecule has 0 aliphatic heterocycles. The Morgan fingerprint density at radius 1 is 1.33 bits per heavy atom. The molecule has 1 aromatic heterocycles. The van der Waals surface area contributed by atoms with Crippen LogP contribution in [0.2, 0.25) is 5.02 Å². The van der Waals surface area contributed by atoms with E-state index in [9.17, 15) is 14.4 Å². The molecule has 0 spiro atoms. The highest BCUT2D eigenvalue weighted by atomic mass is 35.5. The third-order valence-electron chi connectivity index (χ3n) is 2.71. The molecule has 1 heterocycles. The van der Waals surface area contributed by atoms with E-state index in [2.05, 4.69) is 10.3 Å². The highest BCUT2D eigenvalue weighted by molar-refractivity contribution is 7.13. The van der Waals surface area contributed by atoms with Gasteiger partial charge in [-0.15, -0.1) is 11.3 Å². The van der Waals surface area contributed by atoms with Gasteiger partial charge in [0, 0.05) is 22.5 Å². The van der Waals surface area contributed by atoms with Crippen LogP contribution in [0, 0.1) is 0 Å². The van der Waals surface area contributed by atoms with E-state index < -0.39 is 24.5 Å². The number of aromatic nitrogens is 1. The van der Waals surface area contributed by atoms with Gasteiger partial charge in [0.25, 0.3) is 5.91 Å². The van der Waals surface area contributed by atoms with Crippen molar-refractivity contribution in [1.82, 2.24) is 15.6 Å². The van der Waals surface area contributed by atoms with Crippen molar-refractivity contribution in [2.24, 2.45) is 0 Å². The molecule has 24 heavy (non-hydrogen) atoms. The molecule has 0 fully saturated rings. The number of halogens is 1. The molecule has 0 unspecified atom stereocenters. The zero-order chi connectivity index (χ0) is 17.5. The van der Waals surface area contributed by atoms with Crippen LogP contribution in [0.1, 0.15) is 17.4 Å². The monoisotopic (exact) mass is 367 g/mol. The third-order valence-corrected chi connectivity index (χ3v) is 3.84. The van der Waals surface area contributed by atoms with Crippen molar-refractivity contribution in [3.8, 4) is 10.6 Å². The summed E-state index contributed by atoms with van der Waals surface area (Å²) >= 11 is 7.18. The lowest BCUT2D eigenvalue weighted by molar-refractivity contribution is -0.123. The van der Waals surface area contributed by atoms with Crippen molar-refractivity contribution in [3.63, 3.8) is 0 Å². The second-order valence-corrected chi connectivity index (χ2v) is 5.83. The summed E-state index contributed by atoms with van der Waals surface area (Å²) in [7, 11) is 0. The van der Waals surface area contributed by atoms with Gasteiger partial charge in [-0.25, -0.2) is 14.6 Å². The smallest absolute Gasteiger partial charge is 0.358 e. The highest BCUT2D eigenvalue weighted by Crippen LogP contribution is 2.26. The number of nitrogens with zero attached hydrogens (tertiary/aromatic N) is 1. The van der Waals surface area contributed by atoms with Crippen molar-refractivity contribution >= 4 is 40.8 Å². The molecule has 1 aromatic carbocycles. The van der Waals surface area contributed by atoms with Crippen LogP contribution >= 0.6 is 22.9 Å². The Hall–Kier alpha value is -2.45. The second kappa shape index (κ2) is 8.42. The summed E-state index contributed by atoms with van der Waals surface area (Å²) in [5, 5.41) is 7.11. The van der Waals surface area contributed by atoms with Gasteiger partial charge in [0.15, 0.2) is 12.3 Å². The number of carbonyl (C=O) groups is 3. The summed E-state index contributed by atoms with van der Waals surface area (Å²) in [5.41, 5.74) is 0.862. The molecule has 0 saturated carbocycles. The first kappa shape index (κ1) is 17.9. The fourth-order valence-electron chi connectivity index (χ4n) is 1.69. The normalized spacial score (nSPS) is 10.1. The Balaban J connectivity index is 1.92. The Bertz CT molecular complexity index is 763. The number of rotatable bonds is 5. The number of carbonyl (C=O) groups excluding carboxylic acids is 3. The van der Waals surface area contributed by atoms with Crippen LogP contribution in [0.5, 0.6) is 0 Å². The second-order valence-electron chi connectivity index (χ2n) is 4.53. The molecule has 0 aliphatic rings. The quantitative estimate of drug-likeness (QED) is 0.791. The van der Waals surface area contributed by atoms with E-state index in [0.717, 1.165) is 5.56 Å². The fourth-order valence-corrected chi connectivity index (χ4v) is 2.67. The average Bonchev–Trinajstić information content (AvgIpc) is 3.03. The lowest BCUT2D eigenvalue weighted by Crippen LogP contribution is -2.41. The van der Waals surface area contributed by atoms with Crippen LogP contribution in [0.25, 0.3) is 10.6 Å². The third kappa shape index (κ3) is 5.04.